The van der Waals surface area contributed by atoms with Crippen molar-refractivity contribution in [2.75, 3.05) is 23.3 Å². The van der Waals surface area contributed by atoms with Gasteiger partial charge in [0.15, 0.2) is 5.58 Å². The largest absolute Gasteiger partial charge is 0.393 e. The maximum absolute atomic E-state index is 12.8. The van der Waals surface area contributed by atoms with Crippen LogP contribution in [0.25, 0.3) is 21.2 Å². The highest BCUT2D eigenvalue weighted by molar-refractivity contribution is 7.18. The van der Waals surface area contributed by atoms with E-state index in [2.05, 4.69) is 25.3 Å². The maximum Gasteiger partial charge on any atom is 0.393 e. The number of alkyl halides is 3. The third-order valence-electron chi connectivity index (χ3n) is 6.56. The molecule has 2 fully saturated rings. The molecule has 1 saturated carbocycles. The van der Waals surface area contributed by atoms with Crippen LogP contribution in [0, 0.1) is 5.41 Å². The molecule has 0 atom stereocenters. The summed E-state index contributed by atoms with van der Waals surface area (Å²) in [7, 11) is 0. The van der Waals surface area contributed by atoms with Crippen LogP contribution in [-0.4, -0.2) is 40.4 Å². The number of fused-ring (bicyclic) bond motifs is 2. The Balaban J connectivity index is 1.14. The zero-order chi connectivity index (χ0) is 21.9. The van der Waals surface area contributed by atoms with Crippen molar-refractivity contribution in [3.8, 4) is 0 Å². The Hall–Kier alpha value is -2.88. The first-order valence-electron chi connectivity index (χ1n) is 10.5. The van der Waals surface area contributed by atoms with Gasteiger partial charge in [-0.2, -0.15) is 13.2 Å². The van der Waals surface area contributed by atoms with E-state index in [0.717, 1.165) is 71.5 Å². The van der Waals surface area contributed by atoms with Crippen molar-refractivity contribution in [3.05, 3.63) is 41.7 Å². The van der Waals surface area contributed by atoms with Gasteiger partial charge in [-0.25, -0.2) is 9.97 Å². The van der Waals surface area contributed by atoms with E-state index >= 15 is 0 Å². The van der Waals surface area contributed by atoms with Crippen molar-refractivity contribution < 1.29 is 17.7 Å². The van der Waals surface area contributed by atoms with Crippen molar-refractivity contribution in [3.63, 3.8) is 0 Å². The van der Waals surface area contributed by atoms with Crippen molar-refractivity contribution in [1.82, 2.24) is 15.1 Å². The molecule has 166 valence electrons. The summed E-state index contributed by atoms with van der Waals surface area (Å²) in [6.45, 7) is 1.72. The molecule has 1 aliphatic carbocycles. The Morgan fingerprint density at radius 3 is 2.94 bits per heavy atom. The van der Waals surface area contributed by atoms with Gasteiger partial charge in [-0.3, -0.25) is 0 Å². The van der Waals surface area contributed by atoms with Gasteiger partial charge in [0.2, 0.25) is 0 Å². The lowest BCUT2D eigenvalue weighted by Gasteiger charge is -2.46. The van der Waals surface area contributed by atoms with Crippen LogP contribution >= 0.6 is 11.3 Å². The van der Waals surface area contributed by atoms with Crippen molar-refractivity contribution in [2.24, 2.45) is 5.41 Å². The molecule has 10 heteroatoms. The van der Waals surface area contributed by atoms with Gasteiger partial charge in [0.25, 0.3) is 0 Å². The first-order valence-corrected chi connectivity index (χ1v) is 11.3. The summed E-state index contributed by atoms with van der Waals surface area (Å²) in [6, 6.07) is 8.01. The second kappa shape index (κ2) is 7.06. The quantitative estimate of drug-likeness (QED) is 0.440. The molecule has 6 nitrogen and oxygen atoms in total. The van der Waals surface area contributed by atoms with E-state index in [-0.39, 0.29) is 10.3 Å². The summed E-state index contributed by atoms with van der Waals surface area (Å²) in [5.74, 6) is 0.753. The van der Waals surface area contributed by atoms with Gasteiger partial charge in [-0.15, -0.1) is 11.3 Å². The highest BCUT2D eigenvalue weighted by Gasteiger charge is 2.49. The first kappa shape index (κ1) is 19.8. The molecule has 2 aliphatic rings. The van der Waals surface area contributed by atoms with E-state index in [0.29, 0.717) is 10.9 Å². The number of benzene rings is 1. The summed E-state index contributed by atoms with van der Waals surface area (Å²) in [5.41, 5.74) is 2.01. The van der Waals surface area contributed by atoms with Crippen LogP contribution in [0.2, 0.25) is 0 Å². The van der Waals surface area contributed by atoms with Gasteiger partial charge < -0.3 is 14.7 Å². The zero-order valence-electron chi connectivity index (χ0n) is 17.0. The van der Waals surface area contributed by atoms with Crippen LogP contribution in [0.4, 0.5) is 24.7 Å². The number of nitrogens with zero attached hydrogens (tertiary/aromatic N) is 4. The number of aromatic nitrogens is 3. The minimum absolute atomic E-state index is 0.218. The van der Waals surface area contributed by atoms with Crippen LogP contribution in [0.15, 0.2) is 41.3 Å². The van der Waals surface area contributed by atoms with E-state index in [9.17, 15) is 13.2 Å². The van der Waals surface area contributed by atoms with Gasteiger partial charge >= 0.3 is 6.18 Å². The fourth-order valence-corrected chi connectivity index (χ4v) is 6.17. The highest BCUT2D eigenvalue weighted by Crippen LogP contribution is 2.50. The maximum atomic E-state index is 12.8. The summed E-state index contributed by atoms with van der Waals surface area (Å²) in [4.78, 5) is 11.8. The number of halogens is 3. The van der Waals surface area contributed by atoms with Gasteiger partial charge in [0, 0.05) is 41.1 Å². The lowest BCUT2D eigenvalue weighted by Crippen LogP contribution is -2.46. The molecular formula is C22H20F3N5OS. The SMILES string of the molecule is FC(F)(F)Cc1cc2c(N3CCC4(CC(Nc5ccc6cnoc6c5)C4)C3)ncnc2s1. The van der Waals surface area contributed by atoms with Crippen LogP contribution in [0.1, 0.15) is 24.1 Å². The van der Waals surface area contributed by atoms with E-state index in [4.69, 9.17) is 4.52 Å². The normalized spacial score (nSPS) is 23.3. The molecule has 0 bridgehead atoms. The molecule has 1 aromatic carbocycles. The molecule has 1 aliphatic heterocycles. The summed E-state index contributed by atoms with van der Waals surface area (Å²) in [6.07, 6.45) is 1.17. The Morgan fingerprint density at radius 1 is 1.22 bits per heavy atom. The van der Waals surface area contributed by atoms with E-state index in [1.165, 1.54) is 6.33 Å². The molecule has 1 saturated heterocycles. The molecule has 4 heterocycles. The van der Waals surface area contributed by atoms with Crippen molar-refractivity contribution >= 4 is 44.0 Å². The Labute approximate surface area is 185 Å². The summed E-state index contributed by atoms with van der Waals surface area (Å²) < 4.78 is 43.7. The molecule has 3 aromatic heterocycles. The molecule has 0 amide bonds. The van der Waals surface area contributed by atoms with E-state index in [1.807, 2.05) is 18.2 Å². The molecule has 6 rings (SSSR count). The average Bonchev–Trinajstić information content (AvgIpc) is 3.43. The molecule has 0 radical (unpaired) electrons. The molecule has 0 unspecified atom stereocenters. The molecule has 1 spiro atoms. The molecular weight excluding hydrogens is 439 g/mol. The molecule has 32 heavy (non-hydrogen) atoms. The van der Waals surface area contributed by atoms with Crippen LogP contribution in [0.5, 0.6) is 0 Å². The zero-order valence-corrected chi connectivity index (χ0v) is 17.8. The number of thiophene rings is 1. The second-order valence-corrected chi connectivity index (χ2v) is 10.0. The minimum Gasteiger partial charge on any atom is -0.382 e. The number of anilines is 2. The standard InChI is InChI=1S/C22H20F3N5OS/c23-22(24,25)9-16-6-17-19(26-12-27-20(17)32-16)30-4-3-21(11-30)7-15(8-21)29-14-2-1-13-10-28-31-18(13)5-14/h1-2,5-6,10,12,15,29H,3-4,7-9,11H2. The van der Waals surface area contributed by atoms with Crippen molar-refractivity contribution in [1.29, 1.82) is 0 Å². The third-order valence-corrected chi connectivity index (χ3v) is 7.60. The Kier molecular flexibility index (Phi) is 4.36. The monoisotopic (exact) mass is 459 g/mol. The Morgan fingerprint density at radius 2 is 2.09 bits per heavy atom. The van der Waals surface area contributed by atoms with E-state index in [1.54, 1.807) is 12.3 Å². The lowest BCUT2D eigenvalue weighted by atomic mass is 9.65. The lowest BCUT2D eigenvalue weighted by molar-refractivity contribution is -0.126. The number of hydrogen-bond acceptors (Lipinski definition) is 7. The van der Waals surface area contributed by atoms with Gasteiger partial charge in [0.1, 0.15) is 17.0 Å². The summed E-state index contributed by atoms with van der Waals surface area (Å²) in [5, 5.41) is 9.11. The topological polar surface area (TPSA) is 67.1 Å². The van der Waals surface area contributed by atoms with Gasteiger partial charge in [0.05, 0.1) is 18.0 Å². The summed E-state index contributed by atoms with van der Waals surface area (Å²) >= 11 is 1.10. The predicted octanol–water partition coefficient (Wildman–Crippen LogP) is 5.41. The number of rotatable bonds is 4. The fraction of sp³-hybridized carbons (Fsp3) is 0.409. The van der Waals surface area contributed by atoms with Crippen LogP contribution < -0.4 is 10.2 Å². The van der Waals surface area contributed by atoms with Crippen LogP contribution in [0.3, 0.4) is 0 Å². The third kappa shape index (κ3) is 3.56. The Bertz CT molecular complexity index is 1290. The predicted molar refractivity (Wildman–Crippen MR) is 117 cm³/mol. The minimum atomic E-state index is -4.22. The average molecular weight is 459 g/mol. The molecule has 1 N–H and O–H groups in total. The van der Waals surface area contributed by atoms with Gasteiger partial charge in [-0.1, -0.05) is 5.16 Å². The number of nitrogens with one attached hydrogen (secondary N) is 1. The first-order chi connectivity index (χ1) is 15.4. The van der Waals surface area contributed by atoms with E-state index < -0.39 is 12.6 Å². The van der Waals surface area contributed by atoms with Crippen molar-refractivity contribution in [2.45, 2.75) is 37.9 Å². The second-order valence-electron chi connectivity index (χ2n) is 8.92. The van der Waals surface area contributed by atoms with Gasteiger partial charge in [-0.05, 0) is 42.9 Å². The smallest absolute Gasteiger partial charge is 0.382 e. The molecule has 4 aromatic rings. The number of hydrogen-bond donors (Lipinski definition) is 1. The fourth-order valence-electron chi connectivity index (χ4n) is 5.15. The van der Waals surface area contributed by atoms with Crippen LogP contribution in [-0.2, 0) is 6.42 Å². The highest BCUT2D eigenvalue weighted by atomic mass is 32.1.